The maximum absolute atomic E-state index is 11.2. The van der Waals surface area contributed by atoms with Gasteiger partial charge in [0.05, 0.1) is 15.5 Å². The maximum Gasteiger partial charge on any atom is 0.312 e. The number of halogens is 2. The Morgan fingerprint density at radius 1 is 1.18 bits per heavy atom. The predicted octanol–water partition coefficient (Wildman–Crippen LogP) is 3.31. The molecule has 17 heavy (non-hydrogen) atoms. The summed E-state index contributed by atoms with van der Waals surface area (Å²) >= 11 is 11.6. The Bertz CT molecular complexity index is 453. The highest BCUT2D eigenvalue weighted by Gasteiger charge is 2.46. The van der Waals surface area contributed by atoms with E-state index < -0.39 is 17.0 Å². The van der Waals surface area contributed by atoms with Crippen LogP contribution < -0.4 is 0 Å². The lowest BCUT2D eigenvalue weighted by atomic mass is 9.72. The van der Waals surface area contributed by atoms with Crippen molar-refractivity contribution in [2.75, 3.05) is 0 Å². The lowest BCUT2D eigenvalue weighted by molar-refractivity contribution is -0.164. The first-order valence-electron chi connectivity index (χ1n) is 5.02. The summed E-state index contributed by atoms with van der Waals surface area (Å²) in [6, 6.07) is 4.58. The zero-order valence-electron chi connectivity index (χ0n) is 9.79. The summed E-state index contributed by atoms with van der Waals surface area (Å²) in [5.74, 6) is -1.09. The molecule has 1 atom stereocenters. The van der Waals surface area contributed by atoms with E-state index in [9.17, 15) is 9.90 Å². The molecule has 1 unspecified atom stereocenters. The molecule has 0 saturated heterocycles. The van der Waals surface area contributed by atoms with E-state index >= 15 is 0 Å². The van der Waals surface area contributed by atoms with Crippen LogP contribution in [0, 0.1) is 5.41 Å². The Kier molecular flexibility index (Phi) is 3.77. The zero-order valence-corrected chi connectivity index (χ0v) is 11.3. The number of rotatable bonds is 3. The highest BCUT2D eigenvalue weighted by atomic mass is 35.5. The zero-order chi connectivity index (χ0) is 13.4. The van der Waals surface area contributed by atoms with Crippen molar-refractivity contribution < 1.29 is 15.0 Å². The Morgan fingerprint density at radius 2 is 1.71 bits per heavy atom. The van der Waals surface area contributed by atoms with Crippen LogP contribution in [0.4, 0.5) is 0 Å². The molecule has 0 saturated carbocycles. The van der Waals surface area contributed by atoms with E-state index in [0.717, 1.165) is 0 Å². The minimum absolute atomic E-state index is 0.283. The quantitative estimate of drug-likeness (QED) is 0.891. The van der Waals surface area contributed by atoms with Crippen LogP contribution in [-0.2, 0) is 10.4 Å². The first-order valence-corrected chi connectivity index (χ1v) is 5.77. The van der Waals surface area contributed by atoms with Gasteiger partial charge in [0.1, 0.15) is 5.60 Å². The number of carboxylic acids is 1. The molecule has 0 aliphatic carbocycles. The minimum Gasteiger partial charge on any atom is -0.481 e. The van der Waals surface area contributed by atoms with Gasteiger partial charge in [-0.2, -0.15) is 0 Å². The third kappa shape index (κ3) is 2.41. The number of carbonyl (C=O) groups is 1. The van der Waals surface area contributed by atoms with Crippen molar-refractivity contribution in [1.29, 1.82) is 0 Å². The number of aliphatic hydroxyl groups is 1. The Balaban J connectivity index is 3.30. The molecule has 0 spiro atoms. The predicted molar refractivity (Wildman–Crippen MR) is 67.4 cm³/mol. The molecule has 1 aromatic carbocycles. The van der Waals surface area contributed by atoms with Crippen molar-refractivity contribution in [2.24, 2.45) is 5.41 Å². The second kappa shape index (κ2) is 4.48. The molecule has 0 aliphatic rings. The van der Waals surface area contributed by atoms with E-state index in [1.807, 2.05) is 0 Å². The van der Waals surface area contributed by atoms with E-state index in [2.05, 4.69) is 0 Å². The average Bonchev–Trinajstić information content (AvgIpc) is 2.21. The van der Waals surface area contributed by atoms with Gasteiger partial charge in [-0.25, -0.2) is 0 Å². The van der Waals surface area contributed by atoms with Gasteiger partial charge in [-0.15, -0.1) is 0 Å². The molecule has 2 N–H and O–H groups in total. The molecular weight excluding hydrogens is 263 g/mol. The molecule has 1 aromatic rings. The van der Waals surface area contributed by atoms with Crippen molar-refractivity contribution in [1.82, 2.24) is 0 Å². The summed E-state index contributed by atoms with van der Waals surface area (Å²) in [5, 5.41) is 20.2. The normalized spacial score (nSPS) is 15.4. The van der Waals surface area contributed by atoms with Crippen molar-refractivity contribution in [2.45, 2.75) is 26.4 Å². The van der Waals surface area contributed by atoms with Crippen molar-refractivity contribution >= 4 is 29.2 Å². The molecule has 0 fully saturated rings. The van der Waals surface area contributed by atoms with E-state index in [4.69, 9.17) is 28.3 Å². The summed E-state index contributed by atoms with van der Waals surface area (Å²) in [5.41, 5.74) is -2.48. The first kappa shape index (κ1) is 14.3. The molecule has 1 rings (SSSR count). The number of hydrogen-bond acceptors (Lipinski definition) is 2. The summed E-state index contributed by atoms with van der Waals surface area (Å²) in [4.78, 5) is 11.2. The molecular formula is C12H14Cl2O3. The molecule has 0 amide bonds. The third-order valence-corrected chi connectivity index (χ3v) is 3.97. The van der Waals surface area contributed by atoms with Crippen LogP contribution in [0.2, 0.25) is 10.0 Å². The molecule has 0 aromatic heterocycles. The van der Waals surface area contributed by atoms with E-state index in [-0.39, 0.29) is 5.02 Å². The lowest BCUT2D eigenvalue weighted by Gasteiger charge is -2.37. The third-order valence-electron chi connectivity index (χ3n) is 3.23. The number of carboxylic acid groups (broad SMARTS) is 1. The second-order valence-electron chi connectivity index (χ2n) is 4.63. The summed E-state index contributed by atoms with van der Waals surface area (Å²) in [6.45, 7) is 4.36. The summed E-state index contributed by atoms with van der Waals surface area (Å²) in [6.07, 6.45) is 0. The van der Waals surface area contributed by atoms with Gasteiger partial charge in [-0.1, -0.05) is 29.3 Å². The van der Waals surface area contributed by atoms with Crippen LogP contribution in [0.3, 0.4) is 0 Å². The van der Waals surface area contributed by atoms with E-state index in [1.54, 1.807) is 6.07 Å². The van der Waals surface area contributed by atoms with Gasteiger partial charge in [0.25, 0.3) is 0 Å². The molecule has 5 heteroatoms. The molecule has 0 heterocycles. The highest BCUT2D eigenvalue weighted by Crippen LogP contribution is 2.41. The second-order valence-corrected chi connectivity index (χ2v) is 5.45. The van der Waals surface area contributed by atoms with Crippen molar-refractivity contribution in [3.8, 4) is 0 Å². The maximum atomic E-state index is 11.2. The Morgan fingerprint density at radius 3 is 2.12 bits per heavy atom. The van der Waals surface area contributed by atoms with Crippen molar-refractivity contribution in [3.05, 3.63) is 33.8 Å². The van der Waals surface area contributed by atoms with Gasteiger partial charge in [0, 0.05) is 0 Å². The number of benzene rings is 1. The molecule has 94 valence electrons. The van der Waals surface area contributed by atoms with E-state index in [0.29, 0.717) is 10.6 Å². The van der Waals surface area contributed by atoms with Crippen molar-refractivity contribution in [3.63, 3.8) is 0 Å². The Labute approximate surface area is 110 Å². The fourth-order valence-electron chi connectivity index (χ4n) is 1.37. The van der Waals surface area contributed by atoms with Gasteiger partial charge in [0.2, 0.25) is 0 Å². The van der Waals surface area contributed by atoms with Crippen LogP contribution in [0.15, 0.2) is 18.2 Å². The Hall–Kier alpha value is -0.770. The SMILES string of the molecule is CC(C)(C(=O)O)C(C)(O)c1ccc(Cl)c(Cl)c1. The molecule has 3 nitrogen and oxygen atoms in total. The van der Waals surface area contributed by atoms with Crippen LogP contribution >= 0.6 is 23.2 Å². The van der Waals surface area contributed by atoms with Crippen LogP contribution in [0.1, 0.15) is 26.3 Å². The molecule has 0 bridgehead atoms. The highest BCUT2D eigenvalue weighted by molar-refractivity contribution is 6.42. The summed E-state index contributed by atoms with van der Waals surface area (Å²) in [7, 11) is 0. The van der Waals surface area contributed by atoms with Crippen LogP contribution in [-0.4, -0.2) is 16.2 Å². The number of aliphatic carboxylic acids is 1. The fourth-order valence-corrected chi connectivity index (χ4v) is 1.67. The average molecular weight is 277 g/mol. The van der Waals surface area contributed by atoms with Gasteiger partial charge in [-0.3, -0.25) is 4.79 Å². The topological polar surface area (TPSA) is 57.5 Å². The van der Waals surface area contributed by atoms with Gasteiger partial charge < -0.3 is 10.2 Å². The molecule has 0 radical (unpaired) electrons. The van der Waals surface area contributed by atoms with Gasteiger partial charge >= 0.3 is 5.97 Å². The smallest absolute Gasteiger partial charge is 0.312 e. The van der Waals surface area contributed by atoms with Gasteiger partial charge in [-0.05, 0) is 38.5 Å². The van der Waals surface area contributed by atoms with Crippen LogP contribution in [0.25, 0.3) is 0 Å². The lowest BCUT2D eigenvalue weighted by Crippen LogP contribution is -2.45. The monoisotopic (exact) mass is 276 g/mol. The fraction of sp³-hybridized carbons (Fsp3) is 0.417. The first-order chi connectivity index (χ1) is 7.60. The standard InChI is InChI=1S/C12H14Cl2O3/c1-11(2,10(15)16)12(3,17)7-4-5-8(13)9(14)6-7/h4-6,17H,1-3H3,(H,15,16). The van der Waals surface area contributed by atoms with Gasteiger partial charge in [0.15, 0.2) is 0 Å². The van der Waals surface area contributed by atoms with Crippen LogP contribution in [0.5, 0.6) is 0 Å². The largest absolute Gasteiger partial charge is 0.481 e. The molecule has 0 aliphatic heterocycles. The summed E-state index contributed by atoms with van der Waals surface area (Å²) < 4.78 is 0. The minimum atomic E-state index is -1.55. The van der Waals surface area contributed by atoms with E-state index in [1.165, 1.54) is 32.9 Å². The number of hydrogen-bond donors (Lipinski definition) is 2.